The number of anilines is 1. The third kappa shape index (κ3) is 4.71. The summed E-state index contributed by atoms with van der Waals surface area (Å²) < 4.78 is 30.3. The molecule has 0 aliphatic rings. The van der Waals surface area contributed by atoms with Crippen LogP contribution in [0.1, 0.15) is 18.1 Å². The lowest BCUT2D eigenvalue weighted by Gasteiger charge is -2.28. The van der Waals surface area contributed by atoms with Gasteiger partial charge in [-0.05, 0) is 44.0 Å². The average Bonchev–Trinajstić information content (AvgIpc) is 2.41. The monoisotopic (exact) mass is 328 g/mol. The summed E-state index contributed by atoms with van der Waals surface area (Å²) >= 11 is 0. The molecule has 1 N–H and O–H groups in total. The number of benzene rings is 1. The first-order chi connectivity index (χ1) is 10.2. The van der Waals surface area contributed by atoms with Crippen LogP contribution in [0.15, 0.2) is 18.2 Å². The topological polar surface area (TPSA) is 75.7 Å². The van der Waals surface area contributed by atoms with Crippen LogP contribution in [0.2, 0.25) is 0 Å². The second-order valence-electron chi connectivity index (χ2n) is 5.29. The molecule has 124 valence electrons. The zero-order chi connectivity index (χ0) is 16.9. The second kappa shape index (κ2) is 7.60. The van der Waals surface area contributed by atoms with Crippen LogP contribution in [0.4, 0.5) is 5.69 Å². The highest BCUT2D eigenvalue weighted by atomic mass is 32.2. The maximum absolute atomic E-state index is 12.2. The summed E-state index contributed by atoms with van der Waals surface area (Å²) in [5, 5.41) is 2.66. The predicted octanol–water partition coefficient (Wildman–Crippen LogP) is 1.22. The molecule has 1 aromatic carbocycles. The molecule has 0 aliphatic carbocycles. The molecule has 1 rings (SSSR count). The fraction of sp³-hybridized carbons (Fsp3) is 0.533. The first kappa shape index (κ1) is 18.4. The first-order valence-corrected chi connectivity index (χ1v) is 8.86. The Morgan fingerprint density at radius 1 is 1.32 bits per heavy atom. The maximum atomic E-state index is 12.2. The molecule has 0 saturated carbocycles. The Hall–Kier alpha value is -1.60. The highest BCUT2D eigenvalue weighted by molar-refractivity contribution is 7.92. The van der Waals surface area contributed by atoms with Crippen LogP contribution in [-0.2, 0) is 19.6 Å². The Morgan fingerprint density at radius 3 is 2.45 bits per heavy atom. The minimum atomic E-state index is -3.58. The van der Waals surface area contributed by atoms with E-state index in [1.165, 1.54) is 7.11 Å². The summed E-state index contributed by atoms with van der Waals surface area (Å²) in [5.41, 5.74) is 2.52. The van der Waals surface area contributed by atoms with E-state index < -0.39 is 16.1 Å². The summed E-state index contributed by atoms with van der Waals surface area (Å²) in [5.74, 6) is -0.360. The molecular formula is C15H24N2O4S. The quantitative estimate of drug-likeness (QED) is 0.764. The van der Waals surface area contributed by atoms with Crippen molar-refractivity contribution in [2.75, 3.05) is 30.8 Å². The minimum Gasteiger partial charge on any atom is -0.383 e. The van der Waals surface area contributed by atoms with E-state index in [1.54, 1.807) is 19.1 Å². The number of nitrogens with zero attached hydrogens (tertiary/aromatic N) is 1. The lowest BCUT2D eigenvalue weighted by molar-refractivity contribution is -0.122. The van der Waals surface area contributed by atoms with Crippen molar-refractivity contribution in [2.24, 2.45) is 0 Å². The van der Waals surface area contributed by atoms with E-state index in [9.17, 15) is 13.2 Å². The van der Waals surface area contributed by atoms with Crippen LogP contribution in [0.25, 0.3) is 0 Å². The van der Waals surface area contributed by atoms with E-state index in [4.69, 9.17) is 4.74 Å². The van der Waals surface area contributed by atoms with Crippen LogP contribution in [0.5, 0.6) is 0 Å². The summed E-state index contributed by atoms with van der Waals surface area (Å²) in [4.78, 5) is 12.2. The Kier molecular flexibility index (Phi) is 6.37. The Bertz CT molecular complexity index is 628. The lowest BCUT2D eigenvalue weighted by Crippen LogP contribution is -2.48. The van der Waals surface area contributed by atoms with Crippen LogP contribution in [0, 0.1) is 13.8 Å². The predicted molar refractivity (Wildman–Crippen MR) is 87.6 cm³/mol. The van der Waals surface area contributed by atoms with Crippen LogP contribution in [0.3, 0.4) is 0 Å². The number of carbonyl (C=O) groups excluding carboxylic acids is 1. The van der Waals surface area contributed by atoms with Crippen LogP contribution in [-0.4, -0.2) is 46.9 Å². The van der Waals surface area contributed by atoms with Crippen molar-refractivity contribution >= 4 is 21.6 Å². The zero-order valence-electron chi connectivity index (χ0n) is 13.7. The maximum Gasteiger partial charge on any atom is 0.243 e. The van der Waals surface area contributed by atoms with Gasteiger partial charge < -0.3 is 10.1 Å². The molecule has 0 aliphatic heterocycles. The molecule has 0 bridgehead atoms. The van der Waals surface area contributed by atoms with Crippen molar-refractivity contribution in [3.63, 3.8) is 0 Å². The fourth-order valence-electron chi connectivity index (χ4n) is 2.10. The standard InChI is InChI=1S/C15H24N2O4S/c1-11-6-7-14(10-12(11)2)17(22(5,19)20)13(3)15(18)16-8-9-21-4/h6-7,10,13H,8-9H2,1-5H3,(H,16,18). The smallest absolute Gasteiger partial charge is 0.243 e. The summed E-state index contributed by atoms with van der Waals surface area (Å²) in [7, 11) is -2.05. The number of rotatable bonds is 7. The summed E-state index contributed by atoms with van der Waals surface area (Å²) in [6, 6.07) is 4.49. The highest BCUT2D eigenvalue weighted by Crippen LogP contribution is 2.23. The van der Waals surface area contributed by atoms with Gasteiger partial charge in [-0.15, -0.1) is 0 Å². The average molecular weight is 328 g/mol. The van der Waals surface area contributed by atoms with E-state index >= 15 is 0 Å². The SMILES string of the molecule is COCCNC(=O)C(C)N(c1ccc(C)c(C)c1)S(C)(=O)=O. The number of methoxy groups -OCH3 is 1. The summed E-state index contributed by atoms with van der Waals surface area (Å²) in [6.07, 6.45) is 1.10. The van der Waals surface area contributed by atoms with Gasteiger partial charge in [0.15, 0.2) is 0 Å². The lowest BCUT2D eigenvalue weighted by atomic mass is 10.1. The van der Waals surface area contributed by atoms with Crippen molar-refractivity contribution in [2.45, 2.75) is 26.8 Å². The number of nitrogens with one attached hydrogen (secondary N) is 1. The van der Waals surface area contributed by atoms with E-state index in [0.717, 1.165) is 21.7 Å². The third-order valence-electron chi connectivity index (χ3n) is 3.44. The minimum absolute atomic E-state index is 0.338. The Balaban J connectivity index is 3.08. The van der Waals surface area contributed by atoms with Gasteiger partial charge in [0.25, 0.3) is 0 Å². The van der Waals surface area contributed by atoms with Gasteiger partial charge >= 0.3 is 0 Å². The fourth-order valence-corrected chi connectivity index (χ4v) is 3.26. The van der Waals surface area contributed by atoms with Gasteiger partial charge in [-0.1, -0.05) is 6.07 Å². The van der Waals surface area contributed by atoms with Crippen LogP contribution >= 0.6 is 0 Å². The zero-order valence-corrected chi connectivity index (χ0v) is 14.5. The molecule has 1 amide bonds. The number of aryl methyl sites for hydroxylation is 2. The molecule has 1 unspecified atom stereocenters. The number of hydrogen-bond acceptors (Lipinski definition) is 4. The van der Waals surface area contributed by atoms with E-state index in [1.807, 2.05) is 19.9 Å². The van der Waals surface area contributed by atoms with E-state index in [2.05, 4.69) is 5.32 Å². The number of sulfonamides is 1. The largest absolute Gasteiger partial charge is 0.383 e. The van der Waals surface area contributed by atoms with Crippen LogP contribution < -0.4 is 9.62 Å². The molecule has 0 spiro atoms. The van der Waals surface area contributed by atoms with Gasteiger partial charge in [-0.2, -0.15) is 0 Å². The number of hydrogen-bond donors (Lipinski definition) is 1. The molecule has 0 aromatic heterocycles. The number of carbonyl (C=O) groups is 1. The third-order valence-corrected chi connectivity index (χ3v) is 4.68. The van der Waals surface area contributed by atoms with Gasteiger partial charge in [0.2, 0.25) is 15.9 Å². The molecule has 1 atom stereocenters. The van der Waals surface area contributed by atoms with Gasteiger partial charge in [0, 0.05) is 13.7 Å². The van der Waals surface area contributed by atoms with Gasteiger partial charge in [-0.3, -0.25) is 9.10 Å². The molecule has 0 radical (unpaired) electrons. The molecule has 0 saturated heterocycles. The van der Waals surface area contributed by atoms with E-state index in [-0.39, 0.29) is 5.91 Å². The number of ether oxygens (including phenoxy) is 1. The summed E-state index contributed by atoms with van der Waals surface area (Å²) in [6.45, 7) is 6.14. The van der Waals surface area contributed by atoms with Crippen molar-refractivity contribution in [3.8, 4) is 0 Å². The van der Waals surface area contributed by atoms with Gasteiger partial charge in [0.1, 0.15) is 6.04 Å². The molecule has 22 heavy (non-hydrogen) atoms. The second-order valence-corrected chi connectivity index (χ2v) is 7.15. The number of amides is 1. The van der Waals surface area contributed by atoms with Crippen molar-refractivity contribution < 1.29 is 17.9 Å². The van der Waals surface area contributed by atoms with Gasteiger partial charge in [0.05, 0.1) is 18.6 Å². The Labute approximate surface area is 132 Å². The normalized spacial score (nSPS) is 12.8. The highest BCUT2D eigenvalue weighted by Gasteiger charge is 2.29. The first-order valence-electron chi connectivity index (χ1n) is 7.01. The Morgan fingerprint density at radius 2 is 1.95 bits per heavy atom. The molecule has 7 heteroatoms. The molecule has 0 fully saturated rings. The molecular weight excluding hydrogens is 304 g/mol. The molecule has 0 heterocycles. The van der Waals surface area contributed by atoms with E-state index in [0.29, 0.717) is 18.8 Å². The van der Waals surface area contributed by atoms with Gasteiger partial charge in [-0.25, -0.2) is 8.42 Å². The molecule has 1 aromatic rings. The molecule has 6 nitrogen and oxygen atoms in total. The van der Waals surface area contributed by atoms with Crippen molar-refractivity contribution in [1.29, 1.82) is 0 Å². The van der Waals surface area contributed by atoms with Crippen molar-refractivity contribution in [3.05, 3.63) is 29.3 Å². The van der Waals surface area contributed by atoms with Crippen molar-refractivity contribution in [1.82, 2.24) is 5.32 Å².